The summed E-state index contributed by atoms with van der Waals surface area (Å²) in [6, 6.07) is 45.8. The van der Waals surface area contributed by atoms with E-state index in [2.05, 4.69) is 175 Å². The normalized spacial score (nSPS) is 15.0. The maximum Gasteiger partial charge on any atom is 2.00 e. The first-order valence-electron chi connectivity index (χ1n) is 22.0. The summed E-state index contributed by atoms with van der Waals surface area (Å²) in [4.78, 5) is 27.7. The van der Waals surface area contributed by atoms with Gasteiger partial charge in [-0.3, -0.25) is 9.97 Å². The molecule has 4 radical (unpaired) electrons. The molecule has 0 N–H and O–H groups in total. The quantitative estimate of drug-likeness (QED) is 0.0762. The number of imidazole rings is 2. The van der Waals surface area contributed by atoms with Gasteiger partial charge in [-0.15, -0.1) is 0 Å². The molecule has 73 heavy (non-hydrogen) atoms. The Kier molecular flexibility index (Phi) is 15.3. The van der Waals surface area contributed by atoms with Crippen LogP contribution in [-0.2, 0) is 55.8 Å². The molecule has 0 aliphatic carbocycles. The Morgan fingerprint density at radius 2 is 0.671 bits per heavy atom. The molecular formula is C48H46F12N10NiP2. The molecule has 392 valence electrons. The molecule has 0 bridgehead atoms. The number of hydrogen-bond donors (Lipinski definition) is 0. The van der Waals surface area contributed by atoms with Crippen molar-refractivity contribution in [2.24, 2.45) is 0 Å². The Labute approximate surface area is 422 Å². The predicted molar refractivity (Wildman–Crippen MR) is 260 cm³/mol. The number of nitrogens with zero attached hydrogens (tertiary/aromatic N) is 10. The van der Waals surface area contributed by atoms with Crippen LogP contribution in [0.15, 0.2) is 133 Å². The zero-order chi connectivity index (χ0) is 52.4. The molecule has 0 saturated heterocycles. The maximum absolute atomic E-state index is 10.7. The van der Waals surface area contributed by atoms with Gasteiger partial charge in [0, 0.05) is 24.5 Å². The van der Waals surface area contributed by atoms with Crippen molar-refractivity contribution >= 4 is 60.4 Å². The van der Waals surface area contributed by atoms with Crippen LogP contribution in [0.1, 0.15) is 48.3 Å². The average molecular weight is 1110 g/mol. The fraction of sp³-hybridized carbons (Fsp3) is 0.208. The standard InChI is InChI=1S/2C24H23N5.2F6P.Ni/c2*1-3-29-21-12-5-4-11-20(21)26-24(29)16-28-17-27(22-13-6-7-14-23(22)28)15-19-10-8-9-18(2)25-19;2*1-7(2,3,4,5)6;/h2*4-14H,3,15-16H2,1-2H3;;;/q;;2*-1;+2. The van der Waals surface area contributed by atoms with Gasteiger partial charge in [-0.1, -0.05) is 60.7 Å². The van der Waals surface area contributed by atoms with Crippen LogP contribution in [0.2, 0.25) is 0 Å². The van der Waals surface area contributed by atoms with Crippen LogP contribution in [0.5, 0.6) is 0 Å². The Bertz CT molecular complexity index is 2980. The van der Waals surface area contributed by atoms with Gasteiger partial charge in [0.05, 0.1) is 82.4 Å². The fourth-order valence-electron chi connectivity index (χ4n) is 8.01. The van der Waals surface area contributed by atoms with Gasteiger partial charge < -0.3 is 28.7 Å². The number of hydrogen-bond acceptors (Lipinski definition) is 8. The zero-order valence-electron chi connectivity index (χ0n) is 39.2. The smallest absolute Gasteiger partial charge is 2.00 e. The molecule has 0 fully saturated rings. The molecule has 0 unspecified atom stereocenters. The summed E-state index contributed by atoms with van der Waals surface area (Å²) in [7, 11) is -21.3. The van der Waals surface area contributed by atoms with Gasteiger partial charge in [0.15, 0.2) is 0 Å². The van der Waals surface area contributed by atoms with Crippen LogP contribution in [0.3, 0.4) is 0 Å². The Hall–Kier alpha value is -6.17. The third kappa shape index (κ3) is 16.9. The molecule has 6 heterocycles. The van der Waals surface area contributed by atoms with Crippen LogP contribution < -0.4 is 19.6 Å². The molecule has 10 rings (SSSR count). The van der Waals surface area contributed by atoms with Crippen LogP contribution in [0, 0.1) is 27.2 Å². The topological polar surface area (TPSA) is 74.4 Å². The SMILES string of the molecule is CCn1c(CN2[C]N(Cc3cccc(C)n3)c3ccccc32)nc2ccccc21.CCn1c(CN2[C]N(Cc3cccc(C)n3)c3ccccc32)nc2ccccc21.F[P-](F)(F)(F)(F)F.F[P-](F)(F)(F)(F)F.[Ni+2]. The van der Waals surface area contributed by atoms with E-state index in [1.54, 1.807) is 0 Å². The number of aromatic nitrogens is 6. The Balaban J connectivity index is 0.000000187. The average Bonchev–Trinajstić information content (AvgIpc) is 4.02. The third-order valence-electron chi connectivity index (χ3n) is 10.6. The first-order valence-corrected chi connectivity index (χ1v) is 26.1. The van der Waals surface area contributed by atoms with E-state index in [9.17, 15) is 50.4 Å². The molecule has 4 aromatic heterocycles. The molecule has 25 heteroatoms. The van der Waals surface area contributed by atoms with E-state index in [-0.39, 0.29) is 16.5 Å². The first-order chi connectivity index (χ1) is 33.3. The second-order valence-corrected chi connectivity index (χ2v) is 20.3. The molecule has 2 aliphatic rings. The van der Waals surface area contributed by atoms with Crippen molar-refractivity contribution < 1.29 is 66.9 Å². The van der Waals surface area contributed by atoms with Crippen LogP contribution in [0.4, 0.5) is 73.1 Å². The summed E-state index contributed by atoms with van der Waals surface area (Å²) in [5.41, 5.74) is 13.2. The second-order valence-electron chi connectivity index (χ2n) is 16.5. The number of rotatable bonds is 10. The summed E-state index contributed by atoms with van der Waals surface area (Å²) in [5, 5.41) is 0. The minimum absolute atomic E-state index is 0. The van der Waals surface area contributed by atoms with Gasteiger partial charge in [-0.2, -0.15) is 0 Å². The summed E-state index contributed by atoms with van der Waals surface area (Å²) >= 11 is 0. The number of fused-ring (bicyclic) bond motifs is 4. The van der Waals surface area contributed by atoms with E-state index in [0.29, 0.717) is 26.2 Å². The molecule has 10 nitrogen and oxygen atoms in total. The number of anilines is 4. The maximum atomic E-state index is 9.87. The molecule has 0 atom stereocenters. The number of pyridine rings is 2. The Morgan fingerprint density at radius 1 is 0.384 bits per heavy atom. The van der Waals surface area contributed by atoms with Crippen LogP contribution >= 0.6 is 15.6 Å². The Morgan fingerprint density at radius 3 is 0.973 bits per heavy atom. The fourth-order valence-corrected chi connectivity index (χ4v) is 8.01. The van der Waals surface area contributed by atoms with Gasteiger partial charge >= 0.3 is 82.5 Å². The van der Waals surface area contributed by atoms with Crippen molar-refractivity contribution in [3.05, 3.63) is 181 Å². The van der Waals surface area contributed by atoms with Crippen molar-refractivity contribution in [1.29, 1.82) is 0 Å². The van der Waals surface area contributed by atoms with E-state index in [1.807, 2.05) is 38.1 Å². The second kappa shape index (κ2) is 19.9. The van der Waals surface area contributed by atoms with Gasteiger partial charge in [-0.05, 0) is 100 Å². The summed E-state index contributed by atoms with van der Waals surface area (Å²) in [6.07, 6.45) is 0. The van der Waals surface area contributed by atoms with Gasteiger partial charge in [0.25, 0.3) is 0 Å². The number of halogens is 12. The van der Waals surface area contributed by atoms with E-state index in [0.717, 1.165) is 81.3 Å². The minimum atomic E-state index is -10.7. The molecular weight excluding hydrogens is 1070 g/mol. The molecule has 0 saturated carbocycles. The zero-order valence-corrected chi connectivity index (χ0v) is 41.9. The van der Waals surface area contributed by atoms with Crippen LogP contribution in [0.25, 0.3) is 22.1 Å². The summed E-state index contributed by atoms with van der Waals surface area (Å²) < 4.78 is 123. The van der Waals surface area contributed by atoms with E-state index in [4.69, 9.17) is 9.97 Å². The van der Waals surface area contributed by atoms with Gasteiger partial charge in [0.1, 0.15) is 11.6 Å². The number of benzene rings is 4. The van der Waals surface area contributed by atoms with E-state index < -0.39 is 15.6 Å². The molecule has 2 aliphatic heterocycles. The van der Waals surface area contributed by atoms with Crippen molar-refractivity contribution in [2.75, 3.05) is 19.6 Å². The van der Waals surface area contributed by atoms with Crippen molar-refractivity contribution in [3.8, 4) is 0 Å². The third-order valence-corrected chi connectivity index (χ3v) is 10.6. The molecule has 8 aromatic rings. The van der Waals surface area contributed by atoms with Crippen LogP contribution in [-0.4, -0.2) is 29.1 Å². The predicted octanol–water partition coefficient (Wildman–Crippen LogP) is 16.3. The monoisotopic (exact) mass is 1110 g/mol. The molecule has 0 amide bonds. The molecule has 4 aromatic carbocycles. The van der Waals surface area contributed by atoms with Gasteiger partial charge in [0.2, 0.25) is 13.3 Å². The van der Waals surface area contributed by atoms with Crippen molar-refractivity contribution in [2.45, 2.75) is 67.0 Å². The number of aryl methyl sites for hydroxylation is 4. The number of para-hydroxylation sites is 8. The van der Waals surface area contributed by atoms with E-state index in [1.165, 1.54) is 11.0 Å². The van der Waals surface area contributed by atoms with Crippen molar-refractivity contribution in [1.82, 2.24) is 29.1 Å². The van der Waals surface area contributed by atoms with Crippen molar-refractivity contribution in [3.63, 3.8) is 0 Å². The summed E-state index contributed by atoms with van der Waals surface area (Å²) in [5.74, 6) is 2.10. The van der Waals surface area contributed by atoms with Gasteiger partial charge in [-0.25, -0.2) is 9.97 Å². The largest absolute Gasteiger partial charge is 2.00 e. The minimum Gasteiger partial charge on any atom is 2.00 e. The first kappa shape index (κ1) is 56.1. The summed E-state index contributed by atoms with van der Waals surface area (Å²) in [6.45, 7) is 20.0. The molecule has 0 spiro atoms. The van der Waals surface area contributed by atoms with E-state index >= 15 is 0 Å².